The largest absolute Gasteiger partial charge is 0.336 e. The van der Waals surface area contributed by atoms with Crippen molar-refractivity contribution < 1.29 is 18.5 Å². The number of hydrogen-bond acceptors (Lipinski definition) is 5. The second kappa shape index (κ2) is 10.9. The van der Waals surface area contributed by atoms with Crippen molar-refractivity contribution in [1.29, 1.82) is 0 Å². The zero-order valence-electron chi connectivity index (χ0n) is 21.9. The first-order chi connectivity index (χ1) is 19.9. The molecule has 8 nitrogen and oxygen atoms in total. The zero-order chi connectivity index (χ0) is 28.5. The van der Waals surface area contributed by atoms with Crippen LogP contribution >= 0.6 is 0 Å². The van der Waals surface area contributed by atoms with E-state index in [4.69, 9.17) is 4.98 Å². The fraction of sp³-hybridized carbons (Fsp3) is 0.161. The minimum absolute atomic E-state index is 0.00788. The summed E-state index contributed by atoms with van der Waals surface area (Å²) < 4.78 is 29.0. The number of rotatable bonds is 6. The molecule has 1 fully saturated rings. The molecule has 0 saturated carbocycles. The van der Waals surface area contributed by atoms with Gasteiger partial charge in [0.15, 0.2) is 0 Å². The molecule has 0 unspecified atom stereocenters. The van der Waals surface area contributed by atoms with E-state index >= 15 is 0 Å². The number of amides is 1. The predicted molar refractivity (Wildman–Crippen MR) is 150 cm³/mol. The lowest BCUT2D eigenvalue weighted by atomic mass is 10.1. The van der Waals surface area contributed by atoms with Gasteiger partial charge in [-0.3, -0.25) is 19.8 Å². The van der Waals surface area contributed by atoms with Crippen molar-refractivity contribution in [3.8, 4) is 22.4 Å². The summed E-state index contributed by atoms with van der Waals surface area (Å²) in [4.78, 5) is 32.7. The molecule has 6 rings (SSSR count). The van der Waals surface area contributed by atoms with Crippen LogP contribution in [0.25, 0.3) is 28.0 Å². The van der Waals surface area contributed by atoms with Crippen LogP contribution in [-0.4, -0.2) is 56.2 Å². The van der Waals surface area contributed by atoms with Gasteiger partial charge in [0.2, 0.25) is 0 Å². The van der Waals surface area contributed by atoms with Crippen molar-refractivity contribution in [3.05, 3.63) is 124 Å². The number of nitrogens with zero attached hydrogens (tertiary/aromatic N) is 5. The van der Waals surface area contributed by atoms with Crippen LogP contribution in [0.1, 0.15) is 16.1 Å². The van der Waals surface area contributed by atoms with Crippen molar-refractivity contribution in [2.75, 3.05) is 26.2 Å². The molecule has 5 aromatic rings. The number of hydrogen-bond donors (Lipinski definition) is 0. The Morgan fingerprint density at radius 3 is 2.17 bits per heavy atom. The Labute approximate surface area is 234 Å². The van der Waals surface area contributed by atoms with Gasteiger partial charge in [-0.2, -0.15) is 0 Å². The predicted octanol–water partition coefficient (Wildman–Crippen LogP) is 5.81. The summed E-state index contributed by atoms with van der Waals surface area (Å²) in [5.41, 5.74) is 5.02. The van der Waals surface area contributed by atoms with E-state index < -0.39 is 4.92 Å². The van der Waals surface area contributed by atoms with Crippen LogP contribution in [0.4, 0.5) is 14.5 Å². The molecule has 0 aliphatic carbocycles. The standard InChI is InChI=1S/C31H25F2N5O3/c32-25-9-4-21(5-10-25)30-28(20-35-14-16-36(17-15-35)31(39)22-6-11-26(33)12-7-22)37-19-24(8-13-29(37)34-30)23-2-1-3-27(18-23)38(40)41/h1-13,18-19H,14-17,20H2. The Hall–Kier alpha value is -4.96. The Kier molecular flexibility index (Phi) is 6.98. The Balaban J connectivity index is 1.31. The summed E-state index contributed by atoms with van der Waals surface area (Å²) in [7, 11) is 0. The minimum atomic E-state index is -0.419. The van der Waals surface area contributed by atoms with Crippen molar-refractivity contribution in [1.82, 2.24) is 19.2 Å². The molecule has 0 spiro atoms. The molecule has 0 radical (unpaired) electrons. The Morgan fingerprint density at radius 1 is 0.829 bits per heavy atom. The highest BCUT2D eigenvalue weighted by atomic mass is 19.1. The highest BCUT2D eigenvalue weighted by molar-refractivity contribution is 5.94. The van der Waals surface area contributed by atoms with E-state index in [9.17, 15) is 23.7 Å². The number of halogens is 2. The summed E-state index contributed by atoms with van der Waals surface area (Å²) in [6.45, 7) is 2.78. The van der Waals surface area contributed by atoms with Crippen molar-refractivity contribution >= 4 is 17.2 Å². The maximum absolute atomic E-state index is 13.7. The second-order valence-corrected chi connectivity index (χ2v) is 9.94. The zero-order valence-corrected chi connectivity index (χ0v) is 21.9. The molecule has 2 aromatic heterocycles. The SMILES string of the molecule is O=C(c1ccc(F)cc1)N1CCN(Cc2c(-c3ccc(F)cc3)nc3ccc(-c4cccc([N+](=O)[O-])c4)cn23)CC1. The Bertz CT molecular complexity index is 1740. The maximum Gasteiger partial charge on any atom is 0.270 e. The van der Waals surface area contributed by atoms with Crippen molar-refractivity contribution in [2.45, 2.75) is 6.54 Å². The van der Waals surface area contributed by atoms with E-state index in [1.54, 1.807) is 23.1 Å². The molecule has 3 aromatic carbocycles. The number of carbonyl (C=O) groups excluding carboxylic acids is 1. The molecule has 1 aliphatic heterocycles. The number of nitro benzene ring substituents is 1. The molecule has 10 heteroatoms. The molecule has 1 amide bonds. The lowest BCUT2D eigenvalue weighted by Crippen LogP contribution is -2.48. The van der Waals surface area contributed by atoms with Gasteiger partial charge in [0.05, 0.1) is 16.3 Å². The highest BCUT2D eigenvalue weighted by Gasteiger charge is 2.25. The maximum atomic E-state index is 13.7. The van der Waals surface area contributed by atoms with E-state index in [2.05, 4.69) is 4.90 Å². The summed E-state index contributed by atoms with van der Waals surface area (Å²) in [6.07, 6.45) is 1.91. The lowest BCUT2D eigenvalue weighted by molar-refractivity contribution is -0.384. The van der Waals surface area contributed by atoms with Gasteiger partial charge in [0, 0.05) is 62.2 Å². The number of aromatic nitrogens is 2. The monoisotopic (exact) mass is 553 g/mol. The first-order valence-electron chi connectivity index (χ1n) is 13.1. The van der Waals surface area contributed by atoms with Crippen LogP contribution in [0.2, 0.25) is 0 Å². The normalized spacial score (nSPS) is 14.0. The third-order valence-electron chi connectivity index (χ3n) is 7.35. The van der Waals surface area contributed by atoms with Crippen LogP contribution in [0.3, 0.4) is 0 Å². The number of benzene rings is 3. The van der Waals surface area contributed by atoms with Gasteiger partial charge >= 0.3 is 0 Å². The van der Waals surface area contributed by atoms with E-state index in [0.717, 1.165) is 16.8 Å². The molecular formula is C31H25F2N5O3. The number of fused-ring (bicyclic) bond motifs is 1. The first-order valence-corrected chi connectivity index (χ1v) is 13.1. The number of carbonyl (C=O) groups is 1. The summed E-state index contributed by atoms with van der Waals surface area (Å²) in [5, 5.41) is 11.3. The molecule has 1 aliphatic rings. The van der Waals surface area contributed by atoms with Gasteiger partial charge in [-0.1, -0.05) is 12.1 Å². The van der Waals surface area contributed by atoms with E-state index in [-0.39, 0.29) is 23.2 Å². The van der Waals surface area contributed by atoms with Crippen LogP contribution in [-0.2, 0) is 6.54 Å². The number of pyridine rings is 1. The fourth-order valence-corrected chi connectivity index (χ4v) is 5.15. The Morgan fingerprint density at radius 2 is 1.49 bits per heavy atom. The molecule has 1 saturated heterocycles. The van der Waals surface area contributed by atoms with Crippen molar-refractivity contribution in [2.24, 2.45) is 0 Å². The van der Waals surface area contributed by atoms with Gasteiger partial charge in [0.25, 0.3) is 11.6 Å². The first kappa shape index (κ1) is 26.3. The smallest absolute Gasteiger partial charge is 0.270 e. The van der Waals surface area contributed by atoms with Gasteiger partial charge in [-0.25, -0.2) is 13.8 Å². The van der Waals surface area contributed by atoms with Gasteiger partial charge in [-0.15, -0.1) is 0 Å². The van der Waals surface area contributed by atoms with Gasteiger partial charge in [0.1, 0.15) is 17.3 Å². The summed E-state index contributed by atoms with van der Waals surface area (Å²) in [5.74, 6) is -0.855. The quantitative estimate of drug-likeness (QED) is 0.196. The van der Waals surface area contributed by atoms with Gasteiger partial charge < -0.3 is 9.30 Å². The van der Waals surface area contributed by atoms with E-state index in [1.807, 2.05) is 28.8 Å². The minimum Gasteiger partial charge on any atom is -0.336 e. The van der Waals surface area contributed by atoms with E-state index in [0.29, 0.717) is 55.2 Å². The highest BCUT2D eigenvalue weighted by Crippen LogP contribution is 2.30. The topological polar surface area (TPSA) is 84.0 Å². The number of piperazine rings is 1. The van der Waals surface area contributed by atoms with Crippen LogP contribution in [0.5, 0.6) is 0 Å². The molecule has 0 atom stereocenters. The second-order valence-electron chi connectivity index (χ2n) is 9.94. The molecule has 41 heavy (non-hydrogen) atoms. The average molecular weight is 554 g/mol. The van der Waals surface area contributed by atoms with Crippen LogP contribution < -0.4 is 0 Å². The molecule has 206 valence electrons. The summed E-state index contributed by atoms with van der Waals surface area (Å²) >= 11 is 0. The molecule has 3 heterocycles. The fourth-order valence-electron chi connectivity index (χ4n) is 5.15. The van der Waals surface area contributed by atoms with Crippen molar-refractivity contribution in [3.63, 3.8) is 0 Å². The number of non-ortho nitro benzene ring substituents is 1. The van der Waals surface area contributed by atoms with Gasteiger partial charge in [-0.05, 0) is 71.8 Å². The number of nitro groups is 1. The summed E-state index contributed by atoms with van der Waals surface area (Å²) in [6, 6.07) is 22.0. The third-order valence-corrected chi connectivity index (χ3v) is 7.35. The third kappa shape index (κ3) is 5.42. The molecule has 0 N–H and O–H groups in total. The lowest BCUT2D eigenvalue weighted by Gasteiger charge is -2.34. The number of imidazole rings is 1. The molecular weight excluding hydrogens is 528 g/mol. The van der Waals surface area contributed by atoms with Crippen LogP contribution in [0.15, 0.2) is 91.1 Å². The van der Waals surface area contributed by atoms with E-state index in [1.165, 1.54) is 48.5 Å². The van der Waals surface area contributed by atoms with Crippen LogP contribution in [0, 0.1) is 21.7 Å². The molecule has 0 bridgehead atoms. The average Bonchev–Trinajstić information content (AvgIpc) is 3.35.